The van der Waals surface area contributed by atoms with Crippen LogP contribution in [-0.2, 0) is 9.47 Å². The molecular weight excluding hydrogens is 236 g/mol. The second-order valence-corrected chi connectivity index (χ2v) is 13.1. The average Bonchev–Trinajstić information content (AvgIpc) is 2.43. The lowest BCUT2D eigenvalue weighted by Gasteiger charge is -2.16. The summed E-state index contributed by atoms with van der Waals surface area (Å²) in [6, 6.07) is 1.21. The molecule has 2 nitrogen and oxygen atoms in total. The fourth-order valence-corrected chi connectivity index (χ4v) is 3.05. The first-order valence-electron chi connectivity index (χ1n) is 5.89. The largest absolute Gasteiger partial charge is 0.502 e. The van der Waals surface area contributed by atoms with Crippen molar-refractivity contribution in [1.29, 1.82) is 0 Å². The molecule has 0 N–H and O–H groups in total. The van der Waals surface area contributed by atoms with Gasteiger partial charge in [0.1, 0.15) is 4.93 Å². The van der Waals surface area contributed by atoms with Gasteiger partial charge in [-0.15, -0.1) is 11.8 Å². The Kier molecular flexibility index (Phi) is 4.95. The van der Waals surface area contributed by atoms with Gasteiger partial charge in [0.05, 0.1) is 19.0 Å². The fourth-order valence-electron chi connectivity index (χ4n) is 1.39. The monoisotopic (exact) mass is 260 g/mol. The van der Waals surface area contributed by atoms with Crippen molar-refractivity contribution in [2.45, 2.75) is 50.6 Å². The highest BCUT2D eigenvalue weighted by Crippen LogP contribution is 2.35. The molecule has 0 radical (unpaired) electrons. The molecule has 1 rings (SSSR count). The molecule has 1 aliphatic heterocycles. The Labute approximate surface area is 105 Å². The molecule has 0 aliphatic carbocycles. The summed E-state index contributed by atoms with van der Waals surface area (Å²) in [5.74, 6) is 1.03. The van der Waals surface area contributed by atoms with Gasteiger partial charge in [-0.1, -0.05) is 19.6 Å². The molecule has 1 atom stereocenters. The summed E-state index contributed by atoms with van der Waals surface area (Å²) in [7, 11) is -0.956. The molecular formula is C12H24O2SSi. The van der Waals surface area contributed by atoms with Gasteiger partial charge in [0.15, 0.2) is 0 Å². The molecule has 4 heteroatoms. The quantitative estimate of drug-likeness (QED) is 0.426. The van der Waals surface area contributed by atoms with Crippen LogP contribution in [0.4, 0.5) is 0 Å². The van der Waals surface area contributed by atoms with Crippen LogP contribution in [0.25, 0.3) is 0 Å². The van der Waals surface area contributed by atoms with E-state index in [1.165, 1.54) is 6.04 Å². The minimum atomic E-state index is -0.956. The summed E-state index contributed by atoms with van der Waals surface area (Å²) < 4.78 is 11.3. The lowest BCUT2D eigenvalue weighted by molar-refractivity contribution is 0.0392. The number of rotatable bonds is 5. The highest BCUT2D eigenvalue weighted by atomic mass is 32.2. The molecule has 0 spiro atoms. The summed E-state index contributed by atoms with van der Waals surface area (Å²) in [6.07, 6.45) is 4.06. The minimum Gasteiger partial charge on any atom is -0.502 e. The first-order chi connectivity index (χ1) is 7.29. The standard InChI is InChI=1S/C12H24O2SSi/c1-12(2)14-11(10-15-12)6-7-13-8-9-16(3,4)5/h6-7,11H,8-10H2,1-5H3/b7-6+. The van der Waals surface area contributed by atoms with Crippen molar-refractivity contribution < 1.29 is 9.47 Å². The highest BCUT2D eigenvalue weighted by molar-refractivity contribution is 8.00. The van der Waals surface area contributed by atoms with Gasteiger partial charge in [0, 0.05) is 13.8 Å². The second kappa shape index (κ2) is 5.60. The van der Waals surface area contributed by atoms with Crippen LogP contribution in [0.5, 0.6) is 0 Å². The van der Waals surface area contributed by atoms with Crippen LogP contribution in [0.2, 0.25) is 25.7 Å². The predicted molar refractivity (Wildman–Crippen MR) is 74.7 cm³/mol. The Balaban J connectivity index is 2.14. The van der Waals surface area contributed by atoms with E-state index < -0.39 is 8.07 Å². The van der Waals surface area contributed by atoms with Crippen LogP contribution >= 0.6 is 11.8 Å². The fraction of sp³-hybridized carbons (Fsp3) is 0.833. The maximum atomic E-state index is 5.80. The summed E-state index contributed by atoms with van der Waals surface area (Å²) in [6.45, 7) is 12.1. The molecule has 0 aromatic carbocycles. The van der Waals surface area contributed by atoms with Crippen LogP contribution in [0.1, 0.15) is 13.8 Å². The SMILES string of the molecule is CC1(C)OC(/C=C/OCC[Si](C)(C)C)CS1. The van der Waals surface area contributed by atoms with Crippen LogP contribution < -0.4 is 0 Å². The van der Waals surface area contributed by atoms with Gasteiger partial charge in [-0.3, -0.25) is 0 Å². The third-order valence-corrected chi connectivity index (χ3v) is 5.38. The average molecular weight is 260 g/mol. The Hall–Kier alpha value is 0.0669. The van der Waals surface area contributed by atoms with Crippen molar-refractivity contribution in [3.8, 4) is 0 Å². The summed E-state index contributed by atoms with van der Waals surface area (Å²) >= 11 is 1.85. The van der Waals surface area contributed by atoms with E-state index in [0.717, 1.165) is 12.4 Å². The number of thioether (sulfide) groups is 1. The van der Waals surface area contributed by atoms with Gasteiger partial charge in [0.25, 0.3) is 0 Å². The smallest absolute Gasteiger partial charge is 0.109 e. The summed E-state index contributed by atoms with van der Waals surface area (Å²) in [5.41, 5.74) is 0. The van der Waals surface area contributed by atoms with Crippen LogP contribution in [0.3, 0.4) is 0 Å². The zero-order valence-electron chi connectivity index (χ0n) is 11.1. The molecule has 0 amide bonds. The van der Waals surface area contributed by atoms with E-state index in [1.54, 1.807) is 0 Å². The third kappa shape index (κ3) is 5.96. The van der Waals surface area contributed by atoms with Crippen molar-refractivity contribution in [3.05, 3.63) is 12.3 Å². The topological polar surface area (TPSA) is 18.5 Å². The van der Waals surface area contributed by atoms with E-state index in [-0.39, 0.29) is 11.0 Å². The Morgan fingerprint density at radius 3 is 2.62 bits per heavy atom. The van der Waals surface area contributed by atoms with Gasteiger partial charge < -0.3 is 9.47 Å². The van der Waals surface area contributed by atoms with E-state index in [1.807, 2.05) is 24.1 Å². The predicted octanol–water partition coefficient (Wildman–Crippen LogP) is 3.72. The third-order valence-electron chi connectivity index (χ3n) is 2.39. The lowest BCUT2D eigenvalue weighted by Crippen LogP contribution is -2.21. The van der Waals surface area contributed by atoms with Gasteiger partial charge in [-0.25, -0.2) is 0 Å². The summed E-state index contributed by atoms with van der Waals surface area (Å²) in [4.78, 5) is -0.0344. The minimum absolute atomic E-state index is 0.0344. The van der Waals surface area contributed by atoms with E-state index >= 15 is 0 Å². The maximum Gasteiger partial charge on any atom is 0.109 e. The maximum absolute atomic E-state index is 5.80. The van der Waals surface area contributed by atoms with E-state index in [4.69, 9.17) is 9.47 Å². The normalized spacial score (nSPS) is 25.2. The summed E-state index contributed by atoms with van der Waals surface area (Å²) in [5, 5.41) is 0. The van der Waals surface area contributed by atoms with Gasteiger partial charge in [-0.2, -0.15) is 0 Å². The number of hydrogen-bond donors (Lipinski definition) is 0. The zero-order chi connectivity index (χ0) is 12.2. The second-order valence-electron chi connectivity index (χ2n) is 5.88. The van der Waals surface area contributed by atoms with Crippen LogP contribution in [0.15, 0.2) is 12.3 Å². The lowest BCUT2D eigenvalue weighted by atomic mass is 10.4. The first-order valence-corrected chi connectivity index (χ1v) is 10.6. The molecule has 1 saturated heterocycles. The van der Waals surface area contributed by atoms with Crippen molar-refractivity contribution in [2.75, 3.05) is 12.4 Å². The zero-order valence-corrected chi connectivity index (χ0v) is 12.9. The molecule has 1 fully saturated rings. The van der Waals surface area contributed by atoms with E-state index in [9.17, 15) is 0 Å². The van der Waals surface area contributed by atoms with Gasteiger partial charge >= 0.3 is 0 Å². The van der Waals surface area contributed by atoms with E-state index in [2.05, 4.69) is 33.5 Å². The Morgan fingerprint density at radius 1 is 1.44 bits per heavy atom. The number of hydrogen-bond acceptors (Lipinski definition) is 3. The van der Waals surface area contributed by atoms with Crippen molar-refractivity contribution in [3.63, 3.8) is 0 Å². The first kappa shape index (κ1) is 14.1. The van der Waals surface area contributed by atoms with Crippen LogP contribution in [0, 0.1) is 0 Å². The molecule has 16 heavy (non-hydrogen) atoms. The molecule has 0 aromatic heterocycles. The van der Waals surface area contributed by atoms with Gasteiger partial charge in [-0.05, 0) is 26.0 Å². The van der Waals surface area contributed by atoms with Crippen LogP contribution in [-0.4, -0.2) is 31.5 Å². The van der Waals surface area contributed by atoms with Crippen molar-refractivity contribution in [2.24, 2.45) is 0 Å². The van der Waals surface area contributed by atoms with Gasteiger partial charge in [0.2, 0.25) is 0 Å². The van der Waals surface area contributed by atoms with Crippen molar-refractivity contribution >= 4 is 19.8 Å². The molecule has 1 heterocycles. The molecule has 0 saturated carbocycles. The number of ether oxygens (including phenoxy) is 2. The molecule has 1 aliphatic rings. The molecule has 0 aromatic rings. The Morgan fingerprint density at radius 2 is 2.12 bits per heavy atom. The highest BCUT2D eigenvalue weighted by Gasteiger charge is 2.30. The van der Waals surface area contributed by atoms with E-state index in [0.29, 0.717) is 0 Å². The molecule has 94 valence electrons. The Bertz CT molecular complexity index is 246. The van der Waals surface area contributed by atoms with Crippen molar-refractivity contribution in [1.82, 2.24) is 0 Å². The molecule has 1 unspecified atom stereocenters. The molecule has 0 bridgehead atoms.